The standard InChI is InChI=1S/C8H15NO/c1-2-9-3-7(4-9)8-5-10-6-8/h7-8H,2-6H2,1H3. The molecule has 0 amide bonds. The summed E-state index contributed by atoms with van der Waals surface area (Å²) < 4.78 is 5.14. The van der Waals surface area contributed by atoms with Crippen LogP contribution in [-0.4, -0.2) is 37.7 Å². The van der Waals surface area contributed by atoms with Crippen molar-refractivity contribution in [1.29, 1.82) is 0 Å². The summed E-state index contributed by atoms with van der Waals surface area (Å²) in [7, 11) is 0. The minimum absolute atomic E-state index is 0.905. The molecule has 2 heterocycles. The van der Waals surface area contributed by atoms with Crippen LogP contribution >= 0.6 is 0 Å². The lowest BCUT2D eigenvalue weighted by molar-refractivity contribution is -0.0970. The molecule has 2 aliphatic rings. The van der Waals surface area contributed by atoms with Crippen molar-refractivity contribution in [1.82, 2.24) is 4.90 Å². The van der Waals surface area contributed by atoms with Gasteiger partial charge < -0.3 is 9.64 Å². The Morgan fingerprint density at radius 2 is 2.00 bits per heavy atom. The van der Waals surface area contributed by atoms with Gasteiger partial charge >= 0.3 is 0 Å². The molecule has 2 rings (SSSR count). The quantitative estimate of drug-likeness (QED) is 0.558. The van der Waals surface area contributed by atoms with E-state index in [1.165, 1.54) is 19.6 Å². The average molecular weight is 141 g/mol. The second kappa shape index (κ2) is 2.51. The van der Waals surface area contributed by atoms with Crippen LogP contribution in [0.25, 0.3) is 0 Å². The molecule has 0 aliphatic carbocycles. The molecule has 2 saturated heterocycles. The Balaban J connectivity index is 1.69. The van der Waals surface area contributed by atoms with E-state index in [4.69, 9.17) is 4.74 Å². The van der Waals surface area contributed by atoms with E-state index < -0.39 is 0 Å². The summed E-state index contributed by atoms with van der Waals surface area (Å²) in [6, 6.07) is 0. The second-order valence-corrected chi connectivity index (χ2v) is 3.41. The molecule has 0 atom stereocenters. The van der Waals surface area contributed by atoms with Gasteiger partial charge in [-0.05, 0) is 12.5 Å². The first kappa shape index (κ1) is 6.62. The number of nitrogens with zero attached hydrogens (tertiary/aromatic N) is 1. The minimum Gasteiger partial charge on any atom is -0.381 e. The van der Waals surface area contributed by atoms with Crippen LogP contribution in [0.3, 0.4) is 0 Å². The van der Waals surface area contributed by atoms with Gasteiger partial charge in [0.2, 0.25) is 0 Å². The lowest BCUT2D eigenvalue weighted by Gasteiger charge is -2.45. The molecule has 2 fully saturated rings. The third-order valence-electron chi connectivity index (χ3n) is 2.76. The van der Waals surface area contributed by atoms with Crippen molar-refractivity contribution in [2.75, 3.05) is 32.8 Å². The highest BCUT2D eigenvalue weighted by Gasteiger charge is 2.36. The summed E-state index contributed by atoms with van der Waals surface area (Å²) in [5.41, 5.74) is 0. The number of hydrogen-bond acceptors (Lipinski definition) is 2. The summed E-state index contributed by atoms with van der Waals surface area (Å²) in [6.07, 6.45) is 0. The summed E-state index contributed by atoms with van der Waals surface area (Å²) in [6.45, 7) is 8.16. The average Bonchev–Trinajstić information content (AvgIpc) is 1.72. The Morgan fingerprint density at radius 1 is 1.30 bits per heavy atom. The van der Waals surface area contributed by atoms with E-state index in [1.54, 1.807) is 0 Å². The van der Waals surface area contributed by atoms with Gasteiger partial charge in [0.1, 0.15) is 0 Å². The van der Waals surface area contributed by atoms with Crippen LogP contribution in [0.5, 0.6) is 0 Å². The molecule has 0 aromatic rings. The topological polar surface area (TPSA) is 12.5 Å². The number of likely N-dealkylation sites (tertiary alicyclic amines) is 1. The first-order valence-electron chi connectivity index (χ1n) is 4.20. The third-order valence-corrected chi connectivity index (χ3v) is 2.76. The van der Waals surface area contributed by atoms with Crippen molar-refractivity contribution in [2.24, 2.45) is 11.8 Å². The molecule has 0 aromatic heterocycles. The lowest BCUT2D eigenvalue weighted by Crippen LogP contribution is -2.54. The Kier molecular flexibility index (Phi) is 1.66. The van der Waals surface area contributed by atoms with Crippen LogP contribution in [0, 0.1) is 11.8 Å². The van der Waals surface area contributed by atoms with Gasteiger partial charge in [-0.2, -0.15) is 0 Å². The molecule has 0 N–H and O–H groups in total. The predicted molar refractivity (Wildman–Crippen MR) is 39.9 cm³/mol. The zero-order chi connectivity index (χ0) is 6.97. The van der Waals surface area contributed by atoms with E-state index in [0.29, 0.717) is 0 Å². The Bertz CT molecular complexity index is 116. The third kappa shape index (κ3) is 0.956. The van der Waals surface area contributed by atoms with Crippen LogP contribution in [0.1, 0.15) is 6.92 Å². The maximum atomic E-state index is 5.14. The molecule has 0 bridgehead atoms. The smallest absolute Gasteiger partial charge is 0.0520 e. The molecule has 10 heavy (non-hydrogen) atoms. The van der Waals surface area contributed by atoms with Gasteiger partial charge in [-0.15, -0.1) is 0 Å². The number of rotatable bonds is 2. The van der Waals surface area contributed by atoms with E-state index in [9.17, 15) is 0 Å². The SMILES string of the molecule is CCN1CC(C2COC2)C1. The van der Waals surface area contributed by atoms with Gasteiger partial charge in [0.05, 0.1) is 13.2 Å². The maximum Gasteiger partial charge on any atom is 0.0520 e. The van der Waals surface area contributed by atoms with E-state index in [-0.39, 0.29) is 0 Å². The molecule has 0 aromatic carbocycles. The predicted octanol–water partition coefficient (Wildman–Crippen LogP) is 0.585. The van der Waals surface area contributed by atoms with E-state index in [0.717, 1.165) is 25.0 Å². The molecule has 0 unspecified atom stereocenters. The first-order chi connectivity index (χ1) is 4.90. The van der Waals surface area contributed by atoms with Crippen molar-refractivity contribution in [3.63, 3.8) is 0 Å². The molecule has 2 aliphatic heterocycles. The molecule has 0 spiro atoms. The second-order valence-electron chi connectivity index (χ2n) is 3.41. The molecular formula is C8H15NO. The maximum absolute atomic E-state index is 5.14. The van der Waals surface area contributed by atoms with E-state index in [2.05, 4.69) is 11.8 Å². The summed E-state index contributed by atoms with van der Waals surface area (Å²) in [5, 5.41) is 0. The molecule has 58 valence electrons. The van der Waals surface area contributed by atoms with Gasteiger partial charge in [0, 0.05) is 19.0 Å². The lowest BCUT2D eigenvalue weighted by atomic mass is 9.84. The highest BCUT2D eigenvalue weighted by Crippen LogP contribution is 2.28. The van der Waals surface area contributed by atoms with Gasteiger partial charge in [-0.1, -0.05) is 6.92 Å². The molecule has 2 nitrogen and oxygen atoms in total. The molecule has 0 radical (unpaired) electrons. The van der Waals surface area contributed by atoms with Crippen molar-refractivity contribution >= 4 is 0 Å². The van der Waals surface area contributed by atoms with Crippen LogP contribution in [0.4, 0.5) is 0 Å². The van der Waals surface area contributed by atoms with Crippen molar-refractivity contribution in [3.8, 4) is 0 Å². The van der Waals surface area contributed by atoms with Crippen molar-refractivity contribution in [3.05, 3.63) is 0 Å². The van der Waals surface area contributed by atoms with E-state index >= 15 is 0 Å². The Hall–Kier alpha value is -0.0800. The highest BCUT2D eigenvalue weighted by molar-refractivity contribution is 4.86. The fourth-order valence-corrected chi connectivity index (χ4v) is 1.69. The molecule has 2 heteroatoms. The first-order valence-corrected chi connectivity index (χ1v) is 4.20. The van der Waals surface area contributed by atoms with Crippen molar-refractivity contribution < 1.29 is 4.74 Å². The monoisotopic (exact) mass is 141 g/mol. The molecule has 0 saturated carbocycles. The van der Waals surface area contributed by atoms with Crippen LogP contribution in [0.15, 0.2) is 0 Å². The Morgan fingerprint density at radius 3 is 2.40 bits per heavy atom. The summed E-state index contributed by atoms with van der Waals surface area (Å²) in [4.78, 5) is 2.49. The number of hydrogen-bond donors (Lipinski definition) is 0. The van der Waals surface area contributed by atoms with Gasteiger partial charge in [0.15, 0.2) is 0 Å². The van der Waals surface area contributed by atoms with Crippen LogP contribution in [-0.2, 0) is 4.74 Å². The van der Waals surface area contributed by atoms with Gasteiger partial charge in [-0.25, -0.2) is 0 Å². The molecular weight excluding hydrogens is 126 g/mol. The highest BCUT2D eigenvalue weighted by atomic mass is 16.5. The van der Waals surface area contributed by atoms with Crippen LogP contribution in [0.2, 0.25) is 0 Å². The van der Waals surface area contributed by atoms with Crippen LogP contribution < -0.4 is 0 Å². The fourth-order valence-electron chi connectivity index (χ4n) is 1.69. The normalized spacial score (nSPS) is 29.7. The van der Waals surface area contributed by atoms with E-state index in [1.807, 2.05) is 0 Å². The zero-order valence-electron chi connectivity index (χ0n) is 6.55. The van der Waals surface area contributed by atoms with Crippen molar-refractivity contribution in [2.45, 2.75) is 6.92 Å². The summed E-state index contributed by atoms with van der Waals surface area (Å²) in [5.74, 6) is 1.87. The Labute approximate surface area is 62.2 Å². The largest absolute Gasteiger partial charge is 0.381 e. The van der Waals surface area contributed by atoms with Gasteiger partial charge in [-0.3, -0.25) is 0 Å². The zero-order valence-corrected chi connectivity index (χ0v) is 6.55. The van der Waals surface area contributed by atoms with Gasteiger partial charge in [0.25, 0.3) is 0 Å². The number of ether oxygens (including phenoxy) is 1. The summed E-state index contributed by atoms with van der Waals surface area (Å²) >= 11 is 0. The minimum atomic E-state index is 0.905. The fraction of sp³-hybridized carbons (Fsp3) is 1.00.